The van der Waals surface area contributed by atoms with E-state index in [4.69, 9.17) is 14.0 Å². The van der Waals surface area contributed by atoms with Crippen LogP contribution in [-0.2, 0) is 10.3 Å². The monoisotopic (exact) mass is 288 g/mol. The zero-order valence-electron chi connectivity index (χ0n) is 12.8. The van der Waals surface area contributed by atoms with E-state index in [1.807, 2.05) is 32.0 Å². The molecule has 0 N–H and O–H groups in total. The van der Waals surface area contributed by atoms with E-state index >= 15 is 0 Å². The zero-order chi connectivity index (χ0) is 15.0. The van der Waals surface area contributed by atoms with Crippen LogP contribution >= 0.6 is 0 Å². The van der Waals surface area contributed by atoms with E-state index in [2.05, 4.69) is 10.1 Å². The maximum atomic E-state index is 5.64. The molecule has 112 valence electrons. The lowest BCUT2D eigenvalue weighted by Crippen LogP contribution is -2.27. The molecule has 0 spiro atoms. The van der Waals surface area contributed by atoms with E-state index in [9.17, 15) is 0 Å². The Kier molecular flexibility index (Phi) is 3.45. The molecule has 1 aliphatic carbocycles. The molecule has 1 aromatic carbocycles. The van der Waals surface area contributed by atoms with Crippen LogP contribution in [0.2, 0.25) is 0 Å². The number of methoxy groups -OCH3 is 2. The Labute approximate surface area is 124 Å². The molecule has 0 bridgehead atoms. The third kappa shape index (κ3) is 2.42. The molecule has 1 aromatic heterocycles. The lowest BCUT2D eigenvalue weighted by atomic mass is 10.0. The fourth-order valence-corrected chi connectivity index (χ4v) is 2.56. The molecule has 3 rings (SSSR count). The van der Waals surface area contributed by atoms with Crippen molar-refractivity contribution >= 4 is 0 Å². The van der Waals surface area contributed by atoms with Crippen molar-refractivity contribution in [3.05, 3.63) is 29.7 Å². The highest BCUT2D eigenvalue weighted by Crippen LogP contribution is 2.47. The fraction of sp³-hybridized carbons (Fsp3) is 0.500. The molecule has 0 radical (unpaired) electrons. The Morgan fingerprint density at radius 1 is 1.29 bits per heavy atom. The molecule has 0 saturated heterocycles. The molecule has 0 aliphatic heterocycles. The molecule has 5 heteroatoms. The van der Waals surface area contributed by atoms with Crippen LogP contribution in [0.5, 0.6) is 5.75 Å². The number of rotatable bonds is 5. The molecule has 1 unspecified atom stereocenters. The summed E-state index contributed by atoms with van der Waals surface area (Å²) in [4.78, 5) is 4.53. The molecule has 0 amide bonds. The van der Waals surface area contributed by atoms with Gasteiger partial charge in [-0.15, -0.1) is 0 Å². The number of aryl methyl sites for hydroxylation is 1. The van der Waals surface area contributed by atoms with Crippen molar-refractivity contribution in [1.82, 2.24) is 10.1 Å². The summed E-state index contributed by atoms with van der Waals surface area (Å²) < 4.78 is 16.4. The summed E-state index contributed by atoms with van der Waals surface area (Å²) in [5.74, 6) is 2.38. The van der Waals surface area contributed by atoms with Gasteiger partial charge in [-0.3, -0.25) is 0 Å². The average molecular weight is 288 g/mol. The van der Waals surface area contributed by atoms with Crippen molar-refractivity contribution < 1.29 is 14.0 Å². The third-order valence-corrected chi connectivity index (χ3v) is 4.30. The Hall–Kier alpha value is -1.88. The minimum absolute atomic E-state index is 0.461. The summed E-state index contributed by atoms with van der Waals surface area (Å²) in [5, 5.41) is 4.09. The summed E-state index contributed by atoms with van der Waals surface area (Å²) in [6.07, 6.45) is 2.28. The van der Waals surface area contributed by atoms with Crippen molar-refractivity contribution in [2.75, 3.05) is 14.2 Å². The second-order valence-electron chi connectivity index (χ2n) is 5.69. The molecule has 1 fully saturated rings. The van der Waals surface area contributed by atoms with Crippen LogP contribution < -0.4 is 4.74 Å². The first-order chi connectivity index (χ1) is 10.1. The molecular formula is C16H20N2O3. The SMILES string of the molecule is COc1cc(-c2noc(C(C)(OC)C3CC3)n2)ccc1C. The van der Waals surface area contributed by atoms with Gasteiger partial charge < -0.3 is 14.0 Å². The maximum Gasteiger partial charge on any atom is 0.259 e. The van der Waals surface area contributed by atoms with E-state index in [1.54, 1.807) is 14.2 Å². The first-order valence-corrected chi connectivity index (χ1v) is 7.13. The third-order valence-electron chi connectivity index (χ3n) is 4.30. The van der Waals surface area contributed by atoms with Gasteiger partial charge in [0.25, 0.3) is 5.89 Å². The van der Waals surface area contributed by atoms with Crippen LogP contribution in [0.3, 0.4) is 0 Å². The van der Waals surface area contributed by atoms with Gasteiger partial charge in [0.1, 0.15) is 11.4 Å². The van der Waals surface area contributed by atoms with Crippen molar-refractivity contribution in [3.63, 3.8) is 0 Å². The van der Waals surface area contributed by atoms with Crippen molar-refractivity contribution in [3.8, 4) is 17.1 Å². The molecule has 1 saturated carbocycles. The summed E-state index contributed by atoms with van der Waals surface area (Å²) in [6, 6.07) is 5.87. The quantitative estimate of drug-likeness (QED) is 0.844. The highest BCUT2D eigenvalue weighted by atomic mass is 16.5. The minimum Gasteiger partial charge on any atom is -0.496 e. The van der Waals surface area contributed by atoms with Crippen LogP contribution in [0.25, 0.3) is 11.4 Å². The fourth-order valence-electron chi connectivity index (χ4n) is 2.56. The average Bonchev–Trinajstić information content (AvgIpc) is 3.25. The smallest absolute Gasteiger partial charge is 0.259 e. The van der Waals surface area contributed by atoms with Crippen molar-refractivity contribution in [1.29, 1.82) is 0 Å². The molecule has 1 aliphatic rings. The summed E-state index contributed by atoms with van der Waals surface area (Å²) in [7, 11) is 3.35. The van der Waals surface area contributed by atoms with E-state index in [0.29, 0.717) is 17.6 Å². The predicted molar refractivity (Wildman–Crippen MR) is 78.1 cm³/mol. The van der Waals surface area contributed by atoms with Crippen LogP contribution in [0, 0.1) is 12.8 Å². The molecule has 1 heterocycles. The predicted octanol–water partition coefficient (Wildman–Crippen LogP) is 3.33. The van der Waals surface area contributed by atoms with Gasteiger partial charge in [-0.25, -0.2) is 0 Å². The largest absolute Gasteiger partial charge is 0.496 e. The minimum atomic E-state index is -0.486. The maximum absolute atomic E-state index is 5.64. The summed E-state index contributed by atoms with van der Waals surface area (Å²) in [5.41, 5.74) is 1.46. The number of hydrogen-bond acceptors (Lipinski definition) is 5. The number of hydrogen-bond donors (Lipinski definition) is 0. The molecular weight excluding hydrogens is 268 g/mol. The Bertz CT molecular complexity index is 649. The second-order valence-corrected chi connectivity index (χ2v) is 5.69. The van der Waals surface area contributed by atoms with Crippen molar-refractivity contribution in [2.45, 2.75) is 32.3 Å². The van der Waals surface area contributed by atoms with Crippen LogP contribution in [0.1, 0.15) is 31.2 Å². The van der Waals surface area contributed by atoms with Gasteiger partial charge >= 0.3 is 0 Å². The topological polar surface area (TPSA) is 57.4 Å². The summed E-state index contributed by atoms with van der Waals surface area (Å²) >= 11 is 0. The van der Waals surface area contributed by atoms with Crippen molar-refractivity contribution in [2.24, 2.45) is 5.92 Å². The molecule has 5 nitrogen and oxygen atoms in total. The van der Waals surface area contributed by atoms with Gasteiger partial charge in [0, 0.05) is 12.7 Å². The van der Waals surface area contributed by atoms with Crippen LogP contribution in [0.4, 0.5) is 0 Å². The lowest BCUT2D eigenvalue weighted by Gasteiger charge is -2.23. The summed E-state index contributed by atoms with van der Waals surface area (Å²) in [6.45, 7) is 4.01. The lowest BCUT2D eigenvalue weighted by molar-refractivity contribution is -0.0429. The van der Waals surface area contributed by atoms with E-state index in [0.717, 1.165) is 29.7 Å². The van der Waals surface area contributed by atoms with Crippen LogP contribution in [0.15, 0.2) is 22.7 Å². The Balaban J connectivity index is 1.94. The van der Waals surface area contributed by atoms with Gasteiger partial charge in [-0.05, 0) is 44.2 Å². The zero-order valence-corrected chi connectivity index (χ0v) is 12.8. The standard InChI is InChI=1S/C16H20N2O3/c1-10-5-6-11(9-13(10)19-3)14-17-15(21-18-14)16(2,20-4)12-7-8-12/h5-6,9,12H,7-8H2,1-4H3. The number of benzene rings is 1. The van der Waals surface area contributed by atoms with Gasteiger partial charge in [0.2, 0.25) is 5.82 Å². The van der Waals surface area contributed by atoms with E-state index in [1.165, 1.54) is 0 Å². The number of ether oxygens (including phenoxy) is 2. The first-order valence-electron chi connectivity index (χ1n) is 7.13. The van der Waals surface area contributed by atoms with Gasteiger partial charge in [0.05, 0.1) is 7.11 Å². The normalized spacial score (nSPS) is 17.5. The van der Waals surface area contributed by atoms with E-state index in [-0.39, 0.29) is 0 Å². The highest BCUT2D eigenvalue weighted by Gasteiger charge is 2.47. The molecule has 2 aromatic rings. The second kappa shape index (κ2) is 5.15. The number of aromatic nitrogens is 2. The Morgan fingerprint density at radius 3 is 2.67 bits per heavy atom. The van der Waals surface area contributed by atoms with Gasteiger partial charge in [-0.1, -0.05) is 17.3 Å². The van der Waals surface area contributed by atoms with Gasteiger partial charge in [0.15, 0.2) is 0 Å². The Morgan fingerprint density at radius 2 is 2.05 bits per heavy atom. The van der Waals surface area contributed by atoms with Crippen LogP contribution in [-0.4, -0.2) is 24.4 Å². The highest BCUT2D eigenvalue weighted by molar-refractivity contribution is 5.58. The number of nitrogens with zero attached hydrogens (tertiary/aromatic N) is 2. The molecule has 21 heavy (non-hydrogen) atoms. The van der Waals surface area contributed by atoms with E-state index < -0.39 is 5.60 Å². The van der Waals surface area contributed by atoms with Gasteiger partial charge in [-0.2, -0.15) is 4.98 Å². The first kappa shape index (κ1) is 14.1. The molecule has 1 atom stereocenters.